The van der Waals surface area contributed by atoms with Gasteiger partial charge in [-0.2, -0.15) is 5.10 Å². The van der Waals surface area contributed by atoms with E-state index in [1.807, 2.05) is 6.07 Å². The van der Waals surface area contributed by atoms with Crippen LogP contribution >= 0.6 is 15.9 Å². The van der Waals surface area contributed by atoms with Crippen LogP contribution in [0, 0.1) is 6.92 Å². The molecule has 6 nitrogen and oxygen atoms in total. The van der Waals surface area contributed by atoms with E-state index in [0.29, 0.717) is 11.3 Å². The quantitative estimate of drug-likeness (QED) is 0.323. The third kappa shape index (κ3) is 4.29. The van der Waals surface area contributed by atoms with E-state index in [4.69, 9.17) is 9.15 Å². The first-order valence-electron chi connectivity index (χ1n) is 10.9. The van der Waals surface area contributed by atoms with E-state index in [0.717, 1.165) is 27.5 Å². The van der Waals surface area contributed by atoms with Crippen molar-refractivity contribution in [3.05, 3.63) is 63.3 Å². The predicted octanol–water partition coefficient (Wildman–Crippen LogP) is 6.30. The number of nitrogens with one attached hydrogen (secondary N) is 1. The highest BCUT2D eigenvalue weighted by molar-refractivity contribution is 9.10. The number of rotatable bonds is 5. The molecule has 0 spiro atoms. The van der Waals surface area contributed by atoms with E-state index < -0.39 is 5.91 Å². The maximum absolute atomic E-state index is 12.6. The lowest BCUT2D eigenvalue weighted by Gasteiger charge is -2.43. The minimum Gasteiger partial charge on any atom is -0.493 e. The number of carbonyl (C=O) groups excluding carboxylic acids is 1. The predicted molar refractivity (Wildman–Crippen MR) is 137 cm³/mol. The van der Waals surface area contributed by atoms with Gasteiger partial charge in [0.2, 0.25) is 0 Å². The number of aryl methyl sites for hydroxylation is 1. The number of likely N-dealkylation sites (N-methyl/N-ethyl adjacent to an activating group) is 1. The molecular weight excluding hydrogens is 482 g/mol. The third-order valence-corrected chi connectivity index (χ3v) is 6.50. The number of anilines is 1. The van der Waals surface area contributed by atoms with Gasteiger partial charge in [0.15, 0.2) is 17.1 Å². The topological polar surface area (TPSA) is 67.1 Å². The van der Waals surface area contributed by atoms with E-state index in [1.54, 1.807) is 25.5 Å². The van der Waals surface area contributed by atoms with Crippen LogP contribution in [-0.2, 0) is 0 Å². The van der Waals surface area contributed by atoms with Crippen molar-refractivity contribution in [2.45, 2.75) is 40.2 Å². The molecule has 0 atom stereocenters. The molecule has 0 aliphatic carbocycles. The molecule has 1 N–H and O–H groups in total. The smallest absolute Gasteiger partial charge is 0.307 e. The van der Waals surface area contributed by atoms with E-state index in [2.05, 4.69) is 84.2 Å². The van der Waals surface area contributed by atoms with Crippen LogP contribution < -0.4 is 15.1 Å². The minimum absolute atomic E-state index is 0.0350. The summed E-state index contributed by atoms with van der Waals surface area (Å²) in [5.74, 6) is 0.297. The molecule has 1 aliphatic heterocycles. The SMILES string of the molecule is CCN1c2cc(C)c(/C=N\NC(=O)c3cc4cc(Br)cc(OC)c4o3)cc2C(C)=CC1(C)C. The minimum atomic E-state index is -0.425. The molecule has 33 heavy (non-hydrogen) atoms. The molecule has 172 valence electrons. The number of benzene rings is 2. The van der Waals surface area contributed by atoms with Crippen LogP contribution in [0.3, 0.4) is 0 Å². The Morgan fingerprint density at radius 3 is 2.70 bits per heavy atom. The Kier molecular flexibility index (Phi) is 6.10. The number of allylic oxidation sites excluding steroid dienone is 1. The first kappa shape index (κ1) is 23.1. The zero-order valence-corrected chi connectivity index (χ0v) is 21.3. The Labute approximate surface area is 202 Å². The highest BCUT2D eigenvalue weighted by Crippen LogP contribution is 2.40. The van der Waals surface area contributed by atoms with Gasteiger partial charge in [-0.15, -0.1) is 0 Å². The second-order valence-corrected chi connectivity index (χ2v) is 9.70. The highest BCUT2D eigenvalue weighted by Gasteiger charge is 2.30. The average molecular weight is 510 g/mol. The zero-order valence-electron chi connectivity index (χ0n) is 19.7. The molecule has 0 radical (unpaired) electrons. The van der Waals surface area contributed by atoms with Crippen molar-refractivity contribution in [2.75, 3.05) is 18.6 Å². The number of carbonyl (C=O) groups is 1. The standard InChI is InChI=1S/C26H28BrN3O3/c1-7-30-21-8-15(2)18(10-20(21)16(3)13-26(30,4)5)14-28-29-25(31)23-11-17-9-19(27)12-22(32-6)24(17)33-23/h8-14H,7H2,1-6H3,(H,29,31)/b28-14-. The van der Waals surface area contributed by atoms with Gasteiger partial charge in [0.1, 0.15) is 0 Å². The number of hydrazone groups is 1. The number of fused-ring (bicyclic) bond motifs is 2. The molecule has 1 aromatic heterocycles. The highest BCUT2D eigenvalue weighted by atomic mass is 79.9. The fourth-order valence-corrected chi connectivity index (χ4v) is 4.98. The molecule has 0 unspecified atom stereocenters. The van der Waals surface area contributed by atoms with Crippen LogP contribution in [0.25, 0.3) is 16.5 Å². The van der Waals surface area contributed by atoms with E-state index in [-0.39, 0.29) is 11.3 Å². The lowest BCUT2D eigenvalue weighted by molar-refractivity contribution is 0.0929. The summed E-state index contributed by atoms with van der Waals surface area (Å²) < 4.78 is 11.9. The number of hydrogen-bond donors (Lipinski definition) is 1. The number of furan rings is 1. The van der Waals surface area contributed by atoms with Crippen molar-refractivity contribution >= 4 is 50.3 Å². The summed E-state index contributed by atoms with van der Waals surface area (Å²) in [5.41, 5.74) is 8.75. The maximum Gasteiger partial charge on any atom is 0.307 e. The van der Waals surface area contributed by atoms with Gasteiger partial charge in [-0.3, -0.25) is 4.79 Å². The van der Waals surface area contributed by atoms with Crippen molar-refractivity contribution in [3.63, 3.8) is 0 Å². The van der Waals surface area contributed by atoms with E-state index in [9.17, 15) is 4.79 Å². The first-order chi connectivity index (χ1) is 15.6. The summed E-state index contributed by atoms with van der Waals surface area (Å²) in [6, 6.07) is 9.67. The number of halogens is 1. The normalized spacial score (nSPS) is 15.0. The van der Waals surface area contributed by atoms with Gasteiger partial charge in [0.05, 0.1) is 18.9 Å². The summed E-state index contributed by atoms with van der Waals surface area (Å²) in [5, 5.41) is 4.96. The maximum atomic E-state index is 12.6. The Morgan fingerprint density at radius 1 is 1.24 bits per heavy atom. The number of nitrogens with zero attached hydrogens (tertiary/aromatic N) is 2. The fourth-order valence-electron chi connectivity index (χ4n) is 4.53. The Balaban J connectivity index is 1.58. The van der Waals surface area contributed by atoms with Crippen LogP contribution in [0.5, 0.6) is 5.75 Å². The van der Waals surface area contributed by atoms with Gasteiger partial charge >= 0.3 is 5.91 Å². The van der Waals surface area contributed by atoms with E-state index in [1.165, 1.54) is 16.8 Å². The van der Waals surface area contributed by atoms with Crippen LogP contribution in [0.15, 0.2) is 50.4 Å². The summed E-state index contributed by atoms with van der Waals surface area (Å²) in [7, 11) is 1.56. The van der Waals surface area contributed by atoms with Gasteiger partial charge in [0.25, 0.3) is 0 Å². The van der Waals surface area contributed by atoms with Crippen molar-refractivity contribution in [1.29, 1.82) is 0 Å². The number of hydrogen-bond acceptors (Lipinski definition) is 5. The number of amides is 1. The molecule has 3 aromatic rings. The number of methoxy groups -OCH3 is 1. The molecule has 1 aliphatic rings. The fraction of sp³-hybridized carbons (Fsp3) is 0.308. The van der Waals surface area contributed by atoms with Crippen LogP contribution in [0.2, 0.25) is 0 Å². The Morgan fingerprint density at radius 2 is 2.00 bits per heavy atom. The molecular formula is C26H28BrN3O3. The summed E-state index contributed by atoms with van der Waals surface area (Å²) in [6.07, 6.45) is 3.97. The first-order valence-corrected chi connectivity index (χ1v) is 11.7. The molecule has 7 heteroatoms. The van der Waals surface area contributed by atoms with Crippen molar-refractivity contribution in [2.24, 2.45) is 5.10 Å². The van der Waals surface area contributed by atoms with Gasteiger partial charge in [0, 0.05) is 27.7 Å². The second kappa shape index (κ2) is 8.71. The lowest BCUT2D eigenvalue weighted by Crippen LogP contribution is -2.45. The van der Waals surface area contributed by atoms with Crippen LogP contribution in [0.4, 0.5) is 5.69 Å². The molecule has 0 fully saturated rings. The molecule has 4 rings (SSSR count). The average Bonchev–Trinajstić information content (AvgIpc) is 3.17. The molecule has 1 amide bonds. The summed E-state index contributed by atoms with van der Waals surface area (Å²) in [4.78, 5) is 15.0. The summed E-state index contributed by atoms with van der Waals surface area (Å²) >= 11 is 3.44. The van der Waals surface area contributed by atoms with Gasteiger partial charge < -0.3 is 14.1 Å². The second-order valence-electron chi connectivity index (χ2n) is 8.79. The number of ether oxygens (including phenoxy) is 1. The Bertz CT molecular complexity index is 1300. The van der Waals surface area contributed by atoms with Gasteiger partial charge in [-0.1, -0.05) is 22.0 Å². The molecule has 2 aromatic carbocycles. The third-order valence-electron chi connectivity index (χ3n) is 6.04. The lowest BCUT2D eigenvalue weighted by atomic mass is 9.87. The van der Waals surface area contributed by atoms with Crippen LogP contribution in [-0.4, -0.2) is 31.3 Å². The monoisotopic (exact) mass is 509 g/mol. The molecule has 0 saturated carbocycles. The summed E-state index contributed by atoms with van der Waals surface area (Å²) in [6.45, 7) is 11.8. The zero-order chi connectivity index (χ0) is 23.9. The van der Waals surface area contributed by atoms with Gasteiger partial charge in [-0.05, 0) is 81.7 Å². The molecule has 2 heterocycles. The largest absolute Gasteiger partial charge is 0.493 e. The molecule has 0 bridgehead atoms. The van der Waals surface area contributed by atoms with Gasteiger partial charge in [-0.25, -0.2) is 5.43 Å². The van der Waals surface area contributed by atoms with E-state index >= 15 is 0 Å². The molecule has 0 saturated heterocycles. The van der Waals surface area contributed by atoms with Crippen LogP contribution in [0.1, 0.15) is 54.9 Å². The van der Waals surface area contributed by atoms with Crippen molar-refractivity contribution in [1.82, 2.24) is 5.43 Å². The Hall–Kier alpha value is -3.06. The van der Waals surface area contributed by atoms with Crippen molar-refractivity contribution in [3.8, 4) is 5.75 Å². The van der Waals surface area contributed by atoms with Crippen molar-refractivity contribution < 1.29 is 13.9 Å².